The van der Waals surface area contributed by atoms with Crippen molar-refractivity contribution < 1.29 is 0 Å². The van der Waals surface area contributed by atoms with Gasteiger partial charge in [-0.2, -0.15) is 0 Å². The van der Waals surface area contributed by atoms with Crippen LogP contribution in [-0.4, -0.2) is 44.3 Å². The molecule has 1 atom stereocenters. The molecule has 0 aliphatic carbocycles. The lowest BCUT2D eigenvalue weighted by molar-refractivity contribution is 0.465. The maximum Gasteiger partial charge on any atom is 0.142 e. The summed E-state index contributed by atoms with van der Waals surface area (Å²) in [6.45, 7) is 3.28. The average molecular weight is 233 g/mol. The van der Waals surface area contributed by atoms with Gasteiger partial charge in [0.25, 0.3) is 0 Å². The maximum atomic E-state index is 4.64. The Kier molecular flexibility index (Phi) is 2.81. The van der Waals surface area contributed by atoms with Crippen molar-refractivity contribution in [1.82, 2.24) is 10.3 Å². The maximum absolute atomic E-state index is 4.64. The number of hydrogen-bond donors (Lipinski definition) is 1. The number of pyridine rings is 1. The van der Waals surface area contributed by atoms with Gasteiger partial charge in [-0.15, -0.1) is 11.8 Å². The Labute approximate surface area is 101 Å². The van der Waals surface area contributed by atoms with Crippen LogP contribution in [0.3, 0.4) is 0 Å². The van der Waals surface area contributed by atoms with Crippen LogP contribution in [-0.2, 0) is 0 Å². The minimum absolute atomic E-state index is 0.637. The molecule has 0 aromatic carbocycles. The molecule has 3 rings (SSSR count). The number of fused-ring (bicyclic) bond motifs is 3. The first kappa shape index (κ1) is 10.5. The van der Waals surface area contributed by atoms with E-state index in [1.165, 1.54) is 28.3 Å². The molecule has 16 heavy (non-hydrogen) atoms. The fraction of sp³-hybridized carbons (Fsp3) is 0.545. The van der Waals surface area contributed by atoms with Crippen molar-refractivity contribution in [2.75, 3.05) is 30.3 Å². The summed E-state index contributed by atoms with van der Waals surface area (Å²) in [6, 6.07) is 2.91. The SMILES string of the molecule is Bc1cnc2c(c1)SCCC1CNCCN21. The Balaban J connectivity index is 2.00. The molecule has 3 nitrogen and oxygen atoms in total. The van der Waals surface area contributed by atoms with Crippen molar-refractivity contribution >= 4 is 30.9 Å². The van der Waals surface area contributed by atoms with E-state index in [9.17, 15) is 0 Å². The van der Waals surface area contributed by atoms with Gasteiger partial charge in [0.1, 0.15) is 13.7 Å². The topological polar surface area (TPSA) is 28.2 Å². The van der Waals surface area contributed by atoms with E-state index in [4.69, 9.17) is 0 Å². The molecule has 0 saturated carbocycles. The van der Waals surface area contributed by atoms with Crippen LogP contribution in [0.2, 0.25) is 0 Å². The molecule has 1 N–H and O–H groups in total. The molecule has 2 aliphatic heterocycles. The molecule has 3 heterocycles. The highest BCUT2D eigenvalue weighted by molar-refractivity contribution is 7.99. The number of anilines is 1. The van der Waals surface area contributed by atoms with Gasteiger partial charge in [-0.05, 0) is 12.5 Å². The molecule has 1 saturated heterocycles. The number of piperazine rings is 1. The van der Waals surface area contributed by atoms with Gasteiger partial charge in [0, 0.05) is 42.5 Å². The van der Waals surface area contributed by atoms with Gasteiger partial charge in [-0.1, -0.05) is 5.46 Å². The van der Waals surface area contributed by atoms with Crippen molar-refractivity contribution in [2.24, 2.45) is 0 Å². The second kappa shape index (κ2) is 4.30. The van der Waals surface area contributed by atoms with Gasteiger partial charge in [-0.3, -0.25) is 0 Å². The molecule has 0 bridgehead atoms. The van der Waals surface area contributed by atoms with Crippen molar-refractivity contribution in [2.45, 2.75) is 17.4 Å². The molecular formula is C11H16BN3S. The zero-order chi connectivity index (χ0) is 11.0. The summed E-state index contributed by atoms with van der Waals surface area (Å²) >= 11 is 1.96. The molecule has 84 valence electrons. The van der Waals surface area contributed by atoms with E-state index < -0.39 is 0 Å². The second-order valence-electron chi connectivity index (χ2n) is 4.52. The molecule has 1 unspecified atom stereocenters. The molecule has 1 aromatic rings. The van der Waals surface area contributed by atoms with Gasteiger partial charge < -0.3 is 10.2 Å². The second-order valence-corrected chi connectivity index (χ2v) is 5.66. The zero-order valence-electron chi connectivity index (χ0n) is 9.57. The number of aromatic nitrogens is 1. The molecule has 5 heteroatoms. The van der Waals surface area contributed by atoms with Crippen molar-refractivity contribution in [3.8, 4) is 0 Å². The molecule has 1 aromatic heterocycles. The third kappa shape index (κ3) is 1.82. The highest BCUT2D eigenvalue weighted by Gasteiger charge is 2.27. The van der Waals surface area contributed by atoms with Crippen LogP contribution in [0, 0.1) is 0 Å². The van der Waals surface area contributed by atoms with E-state index in [-0.39, 0.29) is 0 Å². The Morgan fingerprint density at radius 3 is 3.44 bits per heavy atom. The first-order valence-corrected chi connectivity index (χ1v) is 6.90. The summed E-state index contributed by atoms with van der Waals surface area (Å²) in [5.74, 6) is 2.42. The monoisotopic (exact) mass is 233 g/mol. The standard InChI is InChI=1S/C11H16BN3S/c12-8-5-10-11(14-6-8)15-3-2-13-7-9(15)1-4-16-10/h5-6,9,13H,1-4,7,12H2. The first-order chi connectivity index (χ1) is 7.84. The number of rotatable bonds is 0. The van der Waals surface area contributed by atoms with E-state index in [1.807, 2.05) is 18.0 Å². The molecule has 0 amide bonds. The summed E-state index contributed by atoms with van der Waals surface area (Å²) in [7, 11) is 2.12. The van der Waals surface area contributed by atoms with E-state index in [0.29, 0.717) is 6.04 Å². The summed E-state index contributed by atoms with van der Waals surface area (Å²) in [5, 5.41) is 3.48. The normalized spacial score (nSPS) is 24.5. The predicted molar refractivity (Wildman–Crippen MR) is 71.8 cm³/mol. The minimum atomic E-state index is 0.637. The number of nitrogens with one attached hydrogen (secondary N) is 1. The average Bonchev–Trinajstić information content (AvgIpc) is 2.47. The van der Waals surface area contributed by atoms with Crippen molar-refractivity contribution in [3.63, 3.8) is 0 Å². The van der Waals surface area contributed by atoms with Gasteiger partial charge in [-0.25, -0.2) is 4.98 Å². The van der Waals surface area contributed by atoms with E-state index in [1.54, 1.807) is 0 Å². The van der Waals surface area contributed by atoms with E-state index >= 15 is 0 Å². The van der Waals surface area contributed by atoms with E-state index in [0.717, 1.165) is 19.6 Å². The van der Waals surface area contributed by atoms with Crippen molar-refractivity contribution in [1.29, 1.82) is 0 Å². The Morgan fingerprint density at radius 1 is 1.56 bits per heavy atom. The van der Waals surface area contributed by atoms with Crippen LogP contribution < -0.4 is 15.7 Å². The van der Waals surface area contributed by atoms with Crippen LogP contribution in [0.25, 0.3) is 0 Å². The number of hydrogen-bond acceptors (Lipinski definition) is 4. The van der Waals surface area contributed by atoms with Crippen LogP contribution >= 0.6 is 11.8 Å². The van der Waals surface area contributed by atoms with Crippen molar-refractivity contribution in [3.05, 3.63) is 12.3 Å². The summed E-state index contributed by atoms with van der Waals surface area (Å²) < 4.78 is 0. The van der Waals surface area contributed by atoms with E-state index in [2.05, 4.69) is 29.1 Å². The molecule has 1 fully saturated rings. The van der Waals surface area contributed by atoms with Gasteiger partial charge in [0.2, 0.25) is 0 Å². The smallest absolute Gasteiger partial charge is 0.142 e. The molecule has 0 radical (unpaired) electrons. The third-order valence-corrected chi connectivity index (χ3v) is 4.35. The summed E-state index contributed by atoms with van der Waals surface area (Å²) in [5.41, 5.74) is 1.26. The van der Waals surface area contributed by atoms with Crippen LogP contribution in [0.15, 0.2) is 17.2 Å². The summed E-state index contributed by atoms with van der Waals surface area (Å²) in [4.78, 5) is 8.50. The minimum Gasteiger partial charge on any atom is -0.350 e. The molecular weight excluding hydrogens is 217 g/mol. The largest absolute Gasteiger partial charge is 0.350 e. The fourth-order valence-electron chi connectivity index (χ4n) is 2.46. The van der Waals surface area contributed by atoms with Crippen LogP contribution in [0.1, 0.15) is 6.42 Å². The first-order valence-electron chi connectivity index (χ1n) is 5.91. The Morgan fingerprint density at radius 2 is 2.50 bits per heavy atom. The lowest BCUT2D eigenvalue weighted by Gasteiger charge is -2.36. The highest BCUT2D eigenvalue weighted by Crippen LogP contribution is 2.33. The quantitative estimate of drug-likeness (QED) is 0.618. The fourth-order valence-corrected chi connectivity index (χ4v) is 3.64. The van der Waals surface area contributed by atoms with Crippen LogP contribution in [0.4, 0.5) is 5.82 Å². The number of nitrogens with zero attached hydrogens (tertiary/aromatic N) is 2. The third-order valence-electron chi connectivity index (χ3n) is 3.30. The Bertz CT molecular complexity index is 399. The molecule has 2 aliphatic rings. The Hall–Kier alpha value is -0.675. The van der Waals surface area contributed by atoms with Gasteiger partial charge in [0.05, 0.1) is 0 Å². The molecule has 0 spiro atoms. The predicted octanol–water partition coefficient (Wildman–Crippen LogP) is -0.386. The zero-order valence-corrected chi connectivity index (χ0v) is 10.4. The highest BCUT2D eigenvalue weighted by atomic mass is 32.2. The number of thioether (sulfide) groups is 1. The lowest BCUT2D eigenvalue weighted by Crippen LogP contribution is -2.51. The lowest BCUT2D eigenvalue weighted by atomic mass is 9.99. The van der Waals surface area contributed by atoms with Gasteiger partial charge >= 0.3 is 0 Å². The van der Waals surface area contributed by atoms with Crippen LogP contribution in [0.5, 0.6) is 0 Å². The van der Waals surface area contributed by atoms with Gasteiger partial charge in [0.15, 0.2) is 0 Å². The summed E-state index contributed by atoms with van der Waals surface area (Å²) in [6.07, 6.45) is 3.25.